The normalized spacial score (nSPS) is 12.3. The maximum Gasteiger partial charge on any atom is 0.224 e. The summed E-state index contributed by atoms with van der Waals surface area (Å²) in [5, 5.41) is 3.22. The minimum absolute atomic E-state index is 0.174. The van der Waals surface area contributed by atoms with Gasteiger partial charge in [-0.15, -0.1) is 0 Å². The number of hydrogen-bond acceptors (Lipinski definition) is 5. The highest BCUT2D eigenvalue weighted by atomic mass is 19.1. The smallest absolute Gasteiger partial charge is 0.224 e. The highest BCUT2D eigenvalue weighted by molar-refractivity contribution is 5.42. The van der Waals surface area contributed by atoms with Crippen molar-refractivity contribution >= 4 is 11.8 Å². The lowest BCUT2D eigenvalue weighted by molar-refractivity contribution is 0.310. The molecular formula is C17H24FN5. The number of likely N-dealkylation sites (N-methyl/N-ethyl adjacent to an activating group) is 1. The van der Waals surface area contributed by atoms with Crippen molar-refractivity contribution in [3.63, 3.8) is 0 Å². The summed E-state index contributed by atoms with van der Waals surface area (Å²) >= 11 is 0. The van der Waals surface area contributed by atoms with Crippen molar-refractivity contribution in [2.45, 2.75) is 13.0 Å². The number of rotatable bonds is 6. The largest absolute Gasteiger partial charge is 0.360 e. The maximum atomic E-state index is 13.7. The molecule has 0 aliphatic carbocycles. The Bertz CT molecular complexity index is 657. The molecule has 0 unspecified atom stereocenters. The fourth-order valence-electron chi connectivity index (χ4n) is 2.48. The molecule has 0 saturated heterocycles. The summed E-state index contributed by atoms with van der Waals surface area (Å²) in [6.45, 7) is 2.74. The Labute approximate surface area is 137 Å². The summed E-state index contributed by atoms with van der Waals surface area (Å²) < 4.78 is 13.7. The van der Waals surface area contributed by atoms with Crippen molar-refractivity contribution < 1.29 is 4.39 Å². The van der Waals surface area contributed by atoms with E-state index in [0.29, 0.717) is 12.5 Å². The van der Waals surface area contributed by atoms with Crippen LogP contribution in [0.3, 0.4) is 0 Å². The zero-order valence-electron chi connectivity index (χ0n) is 14.3. The van der Waals surface area contributed by atoms with Gasteiger partial charge < -0.3 is 15.1 Å². The molecule has 0 saturated carbocycles. The summed E-state index contributed by atoms with van der Waals surface area (Å²) in [6, 6.07) is 8.47. The van der Waals surface area contributed by atoms with Crippen molar-refractivity contribution in [3.8, 4) is 0 Å². The Hall–Kier alpha value is -2.21. The first-order chi connectivity index (χ1) is 10.9. The number of aromatic nitrogens is 2. The summed E-state index contributed by atoms with van der Waals surface area (Å²) in [7, 11) is 7.58. The first kappa shape index (κ1) is 17.1. The average molecular weight is 317 g/mol. The third kappa shape index (κ3) is 4.16. The molecule has 0 amide bonds. The molecule has 23 heavy (non-hydrogen) atoms. The van der Waals surface area contributed by atoms with E-state index in [4.69, 9.17) is 0 Å². The van der Waals surface area contributed by atoms with Gasteiger partial charge in [-0.1, -0.05) is 24.3 Å². The molecule has 1 atom stereocenters. The number of halogens is 1. The molecule has 0 spiro atoms. The second-order valence-electron chi connectivity index (χ2n) is 5.98. The van der Waals surface area contributed by atoms with E-state index in [1.807, 2.05) is 26.2 Å². The molecule has 1 N–H and O–H groups in total. The van der Waals surface area contributed by atoms with Crippen LogP contribution in [0.15, 0.2) is 30.5 Å². The van der Waals surface area contributed by atoms with Crippen molar-refractivity contribution in [1.29, 1.82) is 0 Å². The molecule has 2 aromatic rings. The van der Waals surface area contributed by atoms with E-state index in [2.05, 4.69) is 39.2 Å². The number of nitrogens with zero attached hydrogens (tertiary/aromatic N) is 4. The number of anilines is 2. The molecular weight excluding hydrogens is 293 g/mol. The first-order valence-electron chi connectivity index (χ1n) is 7.56. The fourth-order valence-corrected chi connectivity index (χ4v) is 2.48. The average Bonchev–Trinajstić information content (AvgIpc) is 2.50. The molecule has 0 fully saturated rings. The van der Waals surface area contributed by atoms with Gasteiger partial charge in [0.25, 0.3) is 0 Å². The SMILES string of the molecule is Cc1ccccc1[C@@H](CNc1ncc(F)c(N(C)C)n1)N(C)C. The van der Waals surface area contributed by atoms with Crippen molar-refractivity contribution in [2.75, 3.05) is 45.0 Å². The molecule has 0 aliphatic heterocycles. The summed E-state index contributed by atoms with van der Waals surface area (Å²) in [4.78, 5) is 12.0. The Morgan fingerprint density at radius 2 is 1.87 bits per heavy atom. The van der Waals surface area contributed by atoms with Crippen molar-refractivity contribution in [3.05, 3.63) is 47.4 Å². The van der Waals surface area contributed by atoms with Crippen LogP contribution in [0.2, 0.25) is 0 Å². The maximum absolute atomic E-state index is 13.7. The van der Waals surface area contributed by atoms with Crippen LogP contribution in [0.4, 0.5) is 16.2 Å². The number of aryl methyl sites for hydroxylation is 1. The second kappa shape index (κ2) is 7.37. The minimum Gasteiger partial charge on any atom is -0.360 e. The predicted octanol–water partition coefficient (Wildman–Crippen LogP) is 2.70. The monoisotopic (exact) mass is 317 g/mol. The predicted molar refractivity (Wildman–Crippen MR) is 92.4 cm³/mol. The second-order valence-corrected chi connectivity index (χ2v) is 5.98. The van der Waals surface area contributed by atoms with Crippen molar-refractivity contribution in [2.24, 2.45) is 0 Å². The molecule has 0 aliphatic rings. The van der Waals surface area contributed by atoms with E-state index in [1.54, 1.807) is 19.0 Å². The summed E-state index contributed by atoms with van der Waals surface area (Å²) in [5.74, 6) is 0.277. The number of benzene rings is 1. The van der Waals surface area contributed by atoms with Gasteiger partial charge in [-0.2, -0.15) is 4.98 Å². The van der Waals surface area contributed by atoms with Gasteiger partial charge in [0.2, 0.25) is 5.95 Å². The Balaban J connectivity index is 2.17. The molecule has 5 nitrogen and oxygen atoms in total. The van der Waals surface area contributed by atoms with Crippen LogP contribution < -0.4 is 10.2 Å². The standard InChI is InChI=1S/C17H24FN5/c1-12-8-6-7-9-13(12)15(22(2)3)11-20-17-19-10-14(18)16(21-17)23(4)5/h6-10,15H,11H2,1-5H3,(H,19,20,21)/t15-/m1/s1. The molecule has 2 rings (SSSR count). The molecule has 1 heterocycles. The topological polar surface area (TPSA) is 44.3 Å². The van der Waals surface area contributed by atoms with Crippen LogP contribution in [0.1, 0.15) is 17.2 Å². The van der Waals surface area contributed by atoms with E-state index >= 15 is 0 Å². The molecule has 1 aromatic heterocycles. The van der Waals surface area contributed by atoms with Gasteiger partial charge in [-0.3, -0.25) is 0 Å². The number of nitrogens with one attached hydrogen (secondary N) is 1. The lowest BCUT2D eigenvalue weighted by Gasteiger charge is -2.26. The third-order valence-corrected chi connectivity index (χ3v) is 3.77. The molecule has 124 valence electrons. The Morgan fingerprint density at radius 1 is 1.17 bits per heavy atom. The zero-order chi connectivity index (χ0) is 17.0. The Morgan fingerprint density at radius 3 is 2.48 bits per heavy atom. The van der Waals surface area contributed by atoms with Gasteiger partial charge in [0.05, 0.1) is 12.2 Å². The van der Waals surface area contributed by atoms with Crippen LogP contribution in [0, 0.1) is 12.7 Å². The van der Waals surface area contributed by atoms with E-state index in [1.165, 1.54) is 17.3 Å². The molecule has 0 radical (unpaired) electrons. The Kier molecular flexibility index (Phi) is 5.50. The fraction of sp³-hybridized carbons (Fsp3) is 0.412. The van der Waals surface area contributed by atoms with Crippen LogP contribution in [-0.4, -0.2) is 49.6 Å². The number of hydrogen-bond donors (Lipinski definition) is 1. The van der Waals surface area contributed by atoms with Crippen LogP contribution in [-0.2, 0) is 0 Å². The minimum atomic E-state index is -0.427. The van der Waals surface area contributed by atoms with Gasteiger partial charge in [-0.25, -0.2) is 9.37 Å². The van der Waals surface area contributed by atoms with E-state index in [9.17, 15) is 4.39 Å². The third-order valence-electron chi connectivity index (χ3n) is 3.77. The quantitative estimate of drug-likeness (QED) is 0.887. The molecule has 6 heteroatoms. The lowest BCUT2D eigenvalue weighted by atomic mass is 10.0. The van der Waals surface area contributed by atoms with Crippen molar-refractivity contribution in [1.82, 2.24) is 14.9 Å². The lowest BCUT2D eigenvalue weighted by Crippen LogP contribution is -2.28. The van der Waals surface area contributed by atoms with Gasteiger partial charge >= 0.3 is 0 Å². The van der Waals surface area contributed by atoms with Gasteiger partial charge in [0.15, 0.2) is 11.6 Å². The van der Waals surface area contributed by atoms with Gasteiger partial charge in [0, 0.05) is 20.6 Å². The highest BCUT2D eigenvalue weighted by Gasteiger charge is 2.17. The molecule has 1 aromatic carbocycles. The van der Waals surface area contributed by atoms with Gasteiger partial charge in [0.1, 0.15) is 0 Å². The van der Waals surface area contributed by atoms with Gasteiger partial charge in [-0.05, 0) is 32.1 Å². The van der Waals surface area contributed by atoms with E-state index in [-0.39, 0.29) is 11.9 Å². The van der Waals surface area contributed by atoms with Crippen LogP contribution >= 0.6 is 0 Å². The van der Waals surface area contributed by atoms with Crippen LogP contribution in [0.5, 0.6) is 0 Å². The van der Waals surface area contributed by atoms with E-state index < -0.39 is 5.82 Å². The van der Waals surface area contributed by atoms with Crippen LogP contribution in [0.25, 0.3) is 0 Å². The summed E-state index contributed by atoms with van der Waals surface area (Å²) in [6.07, 6.45) is 1.20. The highest BCUT2D eigenvalue weighted by Crippen LogP contribution is 2.22. The zero-order valence-corrected chi connectivity index (χ0v) is 14.3. The molecule has 0 bridgehead atoms. The van der Waals surface area contributed by atoms with E-state index in [0.717, 1.165) is 0 Å². The first-order valence-corrected chi connectivity index (χ1v) is 7.56. The summed E-state index contributed by atoms with van der Waals surface area (Å²) in [5.41, 5.74) is 2.49.